The maximum absolute atomic E-state index is 13.4. The molecule has 1 fully saturated rings. The van der Waals surface area contributed by atoms with Crippen LogP contribution in [0.2, 0.25) is 0 Å². The number of amides is 1. The Balaban J connectivity index is 1.40. The number of nitrogens with zero attached hydrogens (tertiary/aromatic N) is 7. The highest BCUT2D eigenvalue weighted by Gasteiger charge is 2.30. The molecule has 8 nitrogen and oxygen atoms in total. The van der Waals surface area contributed by atoms with Crippen molar-refractivity contribution in [1.29, 1.82) is 0 Å². The Kier molecular flexibility index (Phi) is 5.36. The van der Waals surface area contributed by atoms with Crippen LogP contribution in [0.3, 0.4) is 0 Å². The van der Waals surface area contributed by atoms with E-state index in [4.69, 9.17) is 0 Å². The van der Waals surface area contributed by atoms with Crippen molar-refractivity contribution in [2.24, 2.45) is 0 Å². The molecule has 0 aliphatic carbocycles. The quantitative estimate of drug-likeness (QED) is 0.435. The summed E-state index contributed by atoms with van der Waals surface area (Å²) < 4.78 is 4.00. The van der Waals surface area contributed by atoms with E-state index in [0.29, 0.717) is 17.4 Å². The highest BCUT2D eigenvalue weighted by atomic mass is 32.2. The number of carbonyl (C=O) groups is 1. The number of thioether (sulfide) groups is 1. The summed E-state index contributed by atoms with van der Waals surface area (Å²) in [5.74, 6) is 1.72. The Hall–Kier alpha value is -2.94. The van der Waals surface area contributed by atoms with Crippen LogP contribution in [0.25, 0.3) is 16.8 Å². The summed E-state index contributed by atoms with van der Waals surface area (Å²) in [6, 6.07) is 8.37. The molecule has 1 aromatic carbocycles. The molecule has 0 bridgehead atoms. The summed E-state index contributed by atoms with van der Waals surface area (Å²) in [4.78, 5) is 29.2. The van der Waals surface area contributed by atoms with Gasteiger partial charge in [-0.3, -0.25) is 4.79 Å². The molecule has 1 amide bonds. The molecular formula is C23H27N7OS. The molecule has 1 aliphatic heterocycles. The van der Waals surface area contributed by atoms with Gasteiger partial charge in [-0.2, -0.15) is 4.98 Å². The van der Waals surface area contributed by atoms with Crippen LogP contribution in [-0.4, -0.2) is 58.8 Å². The van der Waals surface area contributed by atoms with Gasteiger partial charge in [0.15, 0.2) is 0 Å². The summed E-state index contributed by atoms with van der Waals surface area (Å²) in [6.45, 7) is 7.54. The molecule has 1 aliphatic rings. The van der Waals surface area contributed by atoms with Crippen LogP contribution in [-0.2, 0) is 17.8 Å². The minimum absolute atomic E-state index is 0.145. The van der Waals surface area contributed by atoms with Crippen molar-refractivity contribution < 1.29 is 4.79 Å². The minimum atomic E-state index is 0.145. The lowest BCUT2D eigenvalue weighted by atomic mass is 10.1. The Labute approximate surface area is 191 Å². The van der Waals surface area contributed by atoms with Crippen LogP contribution >= 0.6 is 11.8 Å². The second-order valence-corrected chi connectivity index (χ2v) is 9.16. The van der Waals surface area contributed by atoms with Gasteiger partial charge in [0.25, 0.3) is 5.78 Å². The van der Waals surface area contributed by atoms with Gasteiger partial charge in [0.05, 0.1) is 17.5 Å². The van der Waals surface area contributed by atoms with E-state index in [2.05, 4.69) is 30.7 Å². The van der Waals surface area contributed by atoms with Gasteiger partial charge in [-0.1, -0.05) is 23.9 Å². The molecule has 5 rings (SSSR count). The van der Waals surface area contributed by atoms with Crippen molar-refractivity contribution in [2.45, 2.75) is 57.8 Å². The van der Waals surface area contributed by atoms with Crippen molar-refractivity contribution >= 4 is 34.5 Å². The fourth-order valence-corrected chi connectivity index (χ4v) is 5.11. The molecule has 4 aromatic rings. The predicted molar refractivity (Wildman–Crippen MR) is 125 cm³/mol. The van der Waals surface area contributed by atoms with Crippen molar-refractivity contribution in [3.63, 3.8) is 0 Å². The fourth-order valence-electron chi connectivity index (χ4n) is 4.78. The van der Waals surface area contributed by atoms with E-state index >= 15 is 0 Å². The summed E-state index contributed by atoms with van der Waals surface area (Å²) in [7, 11) is 0. The fraction of sp³-hybridized carbons (Fsp3) is 0.435. The molecule has 32 heavy (non-hydrogen) atoms. The average Bonchev–Trinajstić information content (AvgIpc) is 3.49. The van der Waals surface area contributed by atoms with Gasteiger partial charge in [-0.25, -0.2) is 14.5 Å². The van der Waals surface area contributed by atoms with Crippen molar-refractivity contribution in [3.05, 3.63) is 47.0 Å². The van der Waals surface area contributed by atoms with Crippen LogP contribution in [0.4, 0.5) is 0 Å². The topological polar surface area (TPSA) is 81.2 Å². The van der Waals surface area contributed by atoms with Crippen LogP contribution in [0.15, 0.2) is 29.4 Å². The zero-order valence-electron chi connectivity index (χ0n) is 18.9. The van der Waals surface area contributed by atoms with Gasteiger partial charge in [0.1, 0.15) is 5.82 Å². The molecule has 0 radical (unpaired) electrons. The molecule has 0 unspecified atom stereocenters. The summed E-state index contributed by atoms with van der Waals surface area (Å²) in [5, 5.41) is 5.20. The summed E-state index contributed by atoms with van der Waals surface area (Å²) >= 11 is 1.49. The highest BCUT2D eigenvalue weighted by Crippen LogP contribution is 2.25. The van der Waals surface area contributed by atoms with Crippen molar-refractivity contribution in [3.8, 4) is 0 Å². The average molecular weight is 450 g/mol. The number of aryl methyl sites for hydroxylation is 3. The number of para-hydroxylation sites is 2. The minimum Gasteiger partial charge on any atom is -0.338 e. The van der Waals surface area contributed by atoms with Crippen LogP contribution in [0.1, 0.15) is 35.6 Å². The largest absolute Gasteiger partial charge is 0.338 e. The maximum Gasteiger partial charge on any atom is 0.253 e. The first-order chi connectivity index (χ1) is 15.5. The van der Waals surface area contributed by atoms with E-state index in [-0.39, 0.29) is 11.9 Å². The van der Waals surface area contributed by atoms with Crippen molar-refractivity contribution in [2.75, 3.05) is 12.8 Å². The predicted octanol–water partition coefficient (Wildman–Crippen LogP) is 3.35. The normalized spacial score (nSPS) is 16.5. The second kappa shape index (κ2) is 8.20. The molecule has 0 saturated carbocycles. The smallest absolute Gasteiger partial charge is 0.253 e. The first-order valence-corrected chi connectivity index (χ1v) is 12.2. The van der Waals surface area contributed by atoms with Crippen molar-refractivity contribution in [1.82, 2.24) is 34.0 Å². The van der Waals surface area contributed by atoms with Gasteiger partial charge in [-0.05, 0) is 52.0 Å². The number of fused-ring (bicyclic) bond motifs is 2. The van der Waals surface area contributed by atoms with Gasteiger partial charge < -0.3 is 9.47 Å². The van der Waals surface area contributed by atoms with E-state index in [1.807, 2.05) is 50.1 Å². The Bertz CT molecular complexity index is 1330. The van der Waals surface area contributed by atoms with Gasteiger partial charge in [-0.15, -0.1) is 5.10 Å². The van der Waals surface area contributed by atoms with E-state index in [1.54, 1.807) is 4.52 Å². The molecule has 1 saturated heterocycles. The first kappa shape index (κ1) is 20.9. The number of hydrogen-bond acceptors (Lipinski definition) is 6. The van der Waals surface area contributed by atoms with Gasteiger partial charge >= 0.3 is 0 Å². The number of rotatable bonds is 5. The number of carbonyl (C=O) groups excluding carboxylic acids is 1. The second-order valence-electron chi connectivity index (χ2n) is 8.39. The lowest BCUT2D eigenvalue weighted by Crippen LogP contribution is -2.39. The van der Waals surface area contributed by atoms with Crippen LogP contribution < -0.4 is 0 Å². The van der Waals surface area contributed by atoms with Gasteiger partial charge in [0.2, 0.25) is 11.1 Å². The van der Waals surface area contributed by atoms with E-state index in [0.717, 1.165) is 59.7 Å². The summed E-state index contributed by atoms with van der Waals surface area (Å²) in [6.07, 6.45) is 4.31. The molecule has 1 atom stereocenters. The molecule has 9 heteroatoms. The lowest BCUT2D eigenvalue weighted by Gasteiger charge is -2.26. The zero-order valence-corrected chi connectivity index (χ0v) is 19.7. The lowest BCUT2D eigenvalue weighted by molar-refractivity contribution is -0.131. The third-order valence-corrected chi connectivity index (χ3v) is 7.01. The Morgan fingerprint density at radius 2 is 1.97 bits per heavy atom. The van der Waals surface area contributed by atoms with Crippen LogP contribution in [0.5, 0.6) is 0 Å². The number of hydrogen-bond donors (Lipinski definition) is 0. The van der Waals surface area contributed by atoms with Crippen LogP contribution in [0, 0.1) is 20.8 Å². The SMILES string of the molecule is CSc1nc2nc(C)c(CC(=O)N3CCC[C@H]3Cn3c(C)nc4ccccc43)c(C)n2n1. The maximum atomic E-state index is 13.4. The first-order valence-electron chi connectivity index (χ1n) is 10.9. The number of imidazole rings is 1. The third-order valence-electron chi connectivity index (χ3n) is 6.48. The number of benzene rings is 1. The molecule has 0 spiro atoms. The molecule has 3 aromatic heterocycles. The zero-order chi connectivity index (χ0) is 22.4. The van der Waals surface area contributed by atoms with E-state index in [9.17, 15) is 4.79 Å². The summed E-state index contributed by atoms with van der Waals surface area (Å²) in [5.41, 5.74) is 4.84. The highest BCUT2D eigenvalue weighted by molar-refractivity contribution is 7.98. The monoisotopic (exact) mass is 449 g/mol. The molecule has 0 N–H and O–H groups in total. The molecule has 166 valence electrons. The molecule has 4 heterocycles. The standard InChI is InChI=1S/C23H27N7OS/c1-14-18(15(2)30-22(24-14)26-23(27-30)32-4)12-21(31)28-11-7-8-17(28)13-29-16(3)25-19-9-5-6-10-20(19)29/h5-6,9-10,17H,7-8,11-13H2,1-4H3/t17-/m0/s1. The van der Waals surface area contributed by atoms with E-state index < -0.39 is 0 Å². The number of likely N-dealkylation sites (tertiary alicyclic amines) is 1. The third kappa shape index (κ3) is 3.54. The Morgan fingerprint density at radius 1 is 1.16 bits per heavy atom. The van der Waals surface area contributed by atoms with E-state index in [1.165, 1.54) is 11.8 Å². The number of aromatic nitrogens is 6. The van der Waals surface area contributed by atoms with Gasteiger partial charge in [0, 0.05) is 36.1 Å². The Morgan fingerprint density at radius 3 is 2.78 bits per heavy atom. The molecular weight excluding hydrogens is 422 g/mol.